The molecule has 0 aliphatic carbocycles. The Morgan fingerprint density at radius 3 is 2.66 bits per heavy atom. The topological polar surface area (TPSA) is 74.2 Å². The number of ether oxygens (including phenoxy) is 1. The first-order valence-corrected chi connectivity index (χ1v) is 9.89. The molecule has 0 unspecified atom stereocenters. The van der Waals surface area contributed by atoms with Crippen LogP contribution in [-0.2, 0) is 0 Å². The van der Waals surface area contributed by atoms with Crippen molar-refractivity contribution in [2.24, 2.45) is 5.73 Å². The Morgan fingerprint density at radius 2 is 1.90 bits per heavy atom. The van der Waals surface area contributed by atoms with Crippen molar-refractivity contribution in [2.45, 2.75) is 6.42 Å². The van der Waals surface area contributed by atoms with Gasteiger partial charge in [0.2, 0.25) is 11.6 Å². The fourth-order valence-corrected chi connectivity index (χ4v) is 3.84. The van der Waals surface area contributed by atoms with Crippen molar-refractivity contribution < 1.29 is 9.15 Å². The number of nitrogens with zero attached hydrogens (tertiary/aromatic N) is 3. The molecule has 0 aliphatic rings. The van der Waals surface area contributed by atoms with Crippen LogP contribution in [0.3, 0.4) is 0 Å². The molecule has 0 radical (unpaired) electrons. The van der Waals surface area contributed by atoms with Crippen LogP contribution in [0.25, 0.3) is 33.5 Å². The van der Waals surface area contributed by atoms with Gasteiger partial charge in [0.25, 0.3) is 0 Å². The number of methoxy groups -OCH3 is 1. The molecule has 29 heavy (non-hydrogen) atoms. The number of furan rings is 1. The molecule has 7 heteroatoms. The van der Waals surface area contributed by atoms with Crippen molar-refractivity contribution in [2.75, 3.05) is 34.3 Å². The smallest absolute Gasteiger partial charge is 0.238 e. The highest BCUT2D eigenvalue weighted by Crippen LogP contribution is 2.38. The summed E-state index contributed by atoms with van der Waals surface area (Å²) in [6, 6.07) is 13.5. The molecule has 2 aromatic heterocycles. The Kier molecular flexibility index (Phi) is 5.17. The van der Waals surface area contributed by atoms with Gasteiger partial charge in [0.15, 0.2) is 5.76 Å². The van der Waals surface area contributed by atoms with Gasteiger partial charge in [0.1, 0.15) is 11.3 Å². The molecule has 0 fully saturated rings. The lowest BCUT2D eigenvalue weighted by molar-refractivity contribution is 0.386. The molecule has 150 valence electrons. The molecule has 2 aromatic carbocycles. The summed E-state index contributed by atoms with van der Waals surface area (Å²) in [6.07, 6.45) is 0.903. The molecule has 0 spiro atoms. The standard InChI is InChI=1S/C22H24ClN4O2/c1-27(2,12-6-11-24)22-14-7-4-5-8-16(14)25-21(26-22)19-13-15-17(29-19)9-10-18(28-3)20(15)23/h4-5,7-10,13H,6,11-12,24H2,1-3H3/q+1. The van der Waals surface area contributed by atoms with E-state index in [2.05, 4.69) is 20.2 Å². The van der Waals surface area contributed by atoms with Crippen LogP contribution in [0.1, 0.15) is 6.42 Å². The molecule has 0 atom stereocenters. The van der Waals surface area contributed by atoms with Gasteiger partial charge in [-0.25, -0.2) is 4.98 Å². The predicted molar refractivity (Wildman–Crippen MR) is 118 cm³/mol. The highest BCUT2D eigenvalue weighted by atomic mass is 35.5. The van der Waals surface area contributed by atoms with Crippen LogP contribution in [0, 0.1) is 0 Å². The maximum atomic E-state index is 6.46. The van der Waals surface area contributed by atoms with E-state index in [9.17, 15) is 0 Å². The number of benzene rings is 2. The summed E-state index contributed by atoms with van der Waals surface area (Å²) in [5, 5.41) is 2.31. The fraction of sp³-hybridized carbons (Fsp3) is 0.273. The number of para-hydroxylation sites is 1. The second-order valence-corrected chi connectivity index (χ2v) is 7.92. The third-order valence-corrected chi connectivity index (χ3v) is 5.51. The summed E-state index contributed by atoms with van der Waals surface area (Å²) in [7, 11) is 5.86. The maximum absolute atomic E-state index is 6.46. The zero-order valence-corrected chi connectivity index (χ0v) is 17.5. The van der Waals surface area contributed by atoms with Crippen LogP contribution in [0.4, 0.5) is 5.82 Å². The number of hydrogen-bond donors (Lipinski definition) is 1. The highest BCUT2D eigenvalue weighted by Gasteiger charge is 2.26. The van der Waals surface area contributed by atoms with Gasteiger partial charge in [-0.2, -0.15) is 4.98 Å². The third-order valence-electron chi connectivity index (χ3n) is 5.12. The average Bonchev–Trinajstić information content (AvgIpc) is 3.17. The predicted octanol–water partition coefficient (Wildman–Crippen LogP) is 4.62. The number of quaternary nitrogens is 1. The number of rotatable bonds is 6. The minimum atomic E-state index is 0.514. The molecule has 0 saturated heterocycles. The van der Waals surface area contributed by atoms with E-state index in [4.69, 9.17) is 36.5 Å². The van der Waals surface area contributed by atoms with Gasteiger partial charge in [-0.15, -0.1) is 0 Å². The van der Waals surface area contributed by atoms with Crippen molar-refractivity contribution >= 4 is 39.3 Å². The summed E-state index contributed by atoms with van der Waals surface area (Å²) in [6.45, 7) is 1.52. The van der Waals surface area contributed by atoms with Crippen molar-refractivity contribution in [3.8, 4) is 17.3 Å². The van der Waals surface area contributed by atoms with E-state index in [1.807, 2.05) is 30.3 Å². The molecule has 0 amide bonds. The molecule has 6 nitrogen and oxygen atoms in total. The monoisotopic (exact) mass is 411 g/mol. The number of fused-ring (bicyclic) bond motifs is 2. The zero-order valence-electron chi connectivity index (χ0n) is 16.8. The van der Waals surface area contributed by atoms with Crippen LogP contribution in [0.15, 0.2) is 46.9 Å². The molecule has 0 aliphatic heterocycles. The molecule has 4 aromatic rings. The lowest BCUT2D eigenvalue weighted by Crippen LogP contribution is -2.43. The average molecular weight is 412 g/mol. The van der Waals surface area contributed by atoms with Crippen LogP contribution in [0.5, 0.6) is 5.75 Å². The van der Waals surface area contributed by atoms with Crippen LogP contribution < -0.4 is 15.0 Å². The molecule has 2 N–H and O–H groups in total. The summed E-state index contributed by atoms with van der Waals surface area (Å²) < 4.78 is 11.9. The first kappa shape index (κ1) is 19.6. The molecular weight excluding hydrogens is 388 g/mol. The van der Waals surface area contributed by atoms with Gasteiger partial charge < -0.3 is 14.9 Å². The maximum Gasteiger partial charge on any atom is 0.238 e. The molecular formula is C22H24ClN4O2+. The summed E-state index contributed by atoms with van der Waals surface area (Å²) in [5.74, 6) is 2.64. The third kappa shape index (κ3) is 3.55. The van der Waals surface area contributed by atoms with E-state index in [0.717, 1.165) is 35.1 Å². The summed E-state index contributed by atoms with van der Waals surface area (Å²) >= 11 is 6.46. The first-order valence-electron chi connectivity index (χ1n) is 9.51. The van der Waals surface area contributed by atoms with Gasteiger partial charge in [-0.3, -0.25) is 4.48 Å². The lowest BCUT2D eigenvalue weighted by atomic mass is 10.2. The van der Waals surface area contributed by atoms with E-state index in [-0.39, 0.29) is 0 Å². The van der Waals surface area contributed by atoms with Gasteiger partial charge in [-0.1, -0.05) is 23.7 Å². The minimum absolute atomic E-state index is 0.514. The Hall–Kier alpha value is -2.67. The zero-order chi connectivity index (χ0) is 20.6. The molecule has 0 saturated carbocycles. The number of halogens is 1. The van der Waals surface area contributed by atoms with Gasteiger partial charge in [0.05, 0.1) is 43.7 Å². The van der Waals surface area contributed by atoms with E-state index in [1.165, 1.54) is 0 Å². The van der Waals surface area contributed by atoms with Crippen molar-refractivity contribution in [3.63, 3.8) is 0 Å². The van der Waals surface area contributed by atoms with E-state index >= 15 is 0 Å². The van der Waals surface area contributed by atoms with E-state index in [1.54, 1.807) is 13.2 Å². The number of aromatic nitrogens is 2. The normalized spacial score (nSPS) is 12.0. The van der Waals surface area contributed by atoms with Crippen molar-refractivity contribution in [1.82, 2.24) is 14.5 Å². The first-order chi connectivity index (χ1) is 13.9. The number of hydrogen-bond acceptors (Lipinski definition) is 5. The minimum Gasteiger partial charge on any atom is -0.495 e. The van der Waals surface area contributed by atoms with Gasteiger partial charge in [-0.05, 0) is 36.9 Å². The van der Waals surface area contributed by atoms with Crippen molar-refractivity contribution in [3.05, 3.63) is 47.5 Å². The van der Waals surface area contributed by atoms with Crippen LogP contribution in [0.2, 0.25) is 5.02 Å². The van der Waals surface area contributed by atoms with Crippen LogP contribution in [-0.4, -0.2) is 44.3 Å². The number of nitrogens with two attached hydrogens (primary N) is 1. The fourth-order valence-electron chi connectivity index (χ4n) is 3.55. The Morgan fingerprint density at radius 1 is 1.10 bits per heavy atom. The van der Waals surface area contributed by atoms with Gasteiger partial charge >= 0.3 is 0 Å². The largest absolute Gasteiger partial charge is 0.495 e. The Bertz CT molecular complexity index is 1190. The van der Waals surface area contributed by atoms with Gasteiger partial charge in [0, 0.05) is 11.8 Å². The van der Waals surface area contributed by atoms with E-state index < -0.39 is 0 Å². The van der Waals surface area contributed by atoms with E-state index in [0.29, 0.717) is 39.0 Å². The molecule has 0 bridgehead atoms. The molecule has 2 heterocycles. The summed E-state index contributed by atoms with van der Waals surface area (Å²) in [5.41, 5.74) is 7.29. The second kappa shape index (κ2) is 7.63. The summed E-state index contributed by atoms with van der Waals surface area (Å²) in [4.78, 5) is 9.67. The molecule has 4 rings (SSSR count). The Balaban J connectivity index is 1.91. The highest BCUT2D eigenvalue weighted by molar-refractivity contribution is 6.37. The quantitative estimate of drug-likeness (QED) is 0.468. The lowest BCUT2D eigenvalue weighted by Gasteiger charge is -2.28. The van der Waals surface area contributed by atoms with Crippen LogP contribution >= 0.6 is 11.6 Å². The van der Waals surface area contributed by atoms with Crippen molar-refractivity contribution in [1.29, 1.82) is 0 Å². The SMILES string of the molecule is COc1ccc2oc(-c3nc([N+](C)(C)CCCN)c4ccccc4n3)cc2c1Cl. The Labute approximate surface area is 174 Å². The second-order valence-electron chi connectivity index (χ2n) is 7.54.